The van der Waals surface area contributed by atoms with Gasteiger partial charge in [0.25, 0.3) is 0 Å². The van der Waals surface area contributed by atoms with Gasteiger partial charge in [0.15, 0.2) is 0 Å². The number of nitrogens with one attached hydrogen (secondary N) is 1. The highest BCUT2D eigenvalue weighted by Gasteiger charge is 2.68. The van der Waals surface area contributed by atoms with Gasteiger partial charge in [0, 0.05) is 59.4 Å². The molecule has 1 N–H and O–H groups in total. The maximum atomic E-state index is 14.4. The SMILES string of the molecule is C/C=C1/C[N+]2(CC(=O)c3c(C)n(C)c4ccc(OC)cc34)CC[C@]34C(=C(C=O)[C@H]1C[C@H]32)Nc1ccccc14. The highest BCUT2D eigenvalue weighted by atomic mass is 16.5. The molecule has 4 aliphatic rings. The molecular weight excluding hydrogens is 474 g/mol. The van der Waals surface area contributed by atoms with E-state index in [1.807, 2.05) is 32.2 Å². The van der Waals surface area contributed by atoms with Crippen LogP contribution in [0.3, 0.4) is 0 Å². The van der Waals surface area contributed by atoms with Crippen LogP contribution < -0.4 is 10.1 Å². The lowest BCUT2D eigenvalue weighted by atomic mass is 9.61. The van der Waals surface area contributed by atoms with Gasteiger partial charge in [0.2, 0.25) is 5.78 Å². The van der Waals surface area contributed by atoms with Gasteiger partial charge in [-0.15, -0.1) is 0 Å². The molecule has 0 radical (unpaired) electrons. The summed E-state index contributed by atoms with van der Waals surface area (Å²) in [6.07, 6.45) is 5.13. The molecule has 0 amide bonds. The minimum atomic E-state index is -0.236. The van der Waals surface area contributed by atoms with Gasteiger partial charge < -0.3 is 19.1 Å². The van der Waals surface area contributed by atoms with Gasteiger partial charge in [-0.25, -0.2) is 0 Å². The summed E-state index contributed by atoms with van der Waals surface area (Å²) in [6, 6.07) is 14.8. The monoisotopic (exact) mass is 508 g/mol. The Morgan fingerprint density at radius 2 is 2.08 bits per heavy atom. The molecule has 6 nitrogen and oxygen atoms in total. The number of aldehydes is 1. The van der Waals surface area contributed by atoms with Gasteiger partial charge >= 0.3 is 0 Å². The number of methoxy groups -OCH3 is 1. The molecule has 1 unspecified atom stereocenters. The van der Waals surface area contributed by atoms with Crippen LogP contribution in [0.4, 0.5) is 5.69 Å². The first kappa shape index (κ1) is 23.5. The lowest BCUT2D eigenvalue weighted by molar-refractivity contribution is -0.934. The van der Waals surface area contributed by atoms with Crippen LogP contribution in [0.1, 0.15) is 41.4 Å². The molecule has 0 saturated carbocycles. The van der Waals surface area contributed by atoms with Crippen molar-refractivity contribution in [1.29, 1.82) is 0 Å². The van der Waals surface area contributed by atoms with Gasteiger partial charge in [-0.2, -0.15) is 0 Å². The summed E-state index contributed by atoms with van der Waals surface area (Å²) in [4.78, 5) is 26.9. The first-order chi connectivity index (χ1) is 18.4. The van der Waals surface area contributed by atoms with Crippen LogP contribution in [0.15, 0.2) is 65.4 Å². The van der Waals surface area contributed by atoms with Gasteiger partial charge in [-0.1, -0.05) is 24.3 Å². The predicted octanol–water partition coefficient (Wildman–Crippen LogP) is 5.06. The van der Waals surface area contributed by atoms with Gasteiger partial charge in [0.05, 0.1) is 24.6 Å². The number of carbonyl (C=O) groups is 2. The topological polar surface area (TPSA) is 60.3 Å². The maximum absolute atomic E-state index is 14.4. The van der Waals surface area contributed by atoms with Crippen LogP contribution in [0.25, 0.3) is 10.9 Å². The zero-order chi connectivity index (χ0) is 26.4. The quantitative estimate of drug-likeness (QED) is 0.226. The summed E-state index contributed by atoms with van der Waals surface area (Å²) in [7, 11) is 3.70. The van der Waals surface area contributed by atoms with Crippen molar-refractivity contribution in [3.63, 3.8) is 0 Å². The van der Waals surface area contributed by atoms with Gasteiger partial charge in [-0.05, 0) is 49.2 Å². The molecule has 2 saturated heterocycles. The number of Topliss-reactive ketones (excluding diaryl/α,β-unsaturated/α-hetero) is 1. The first-order valence-corrected chi connectivity index (χ1v) is 13.6. The van der Waals surface area contributed by atoms with E-state index in [2.05, 4.69) is 47.1 Å². The lowest BCUT2D eigenvalue weighted by Gasteiger charge is -2.53. The lowest BCUT2D eigenvalue weighted by Crippen LogP contribution is -2.64. The van der Waals surface area contributed by atoms with E-state index in [9.17, 15) is 9.59 Å². The Bertz CT molecular complexity index is 1610. The summed E-state index contributed by atoms with van der Waals surface area (Å²) >= 11 is 0. The Labute approximate surface area is 223 Å². The van der Waals surface area contributed by atoms with E-state index in [0.717, 1.165) is 81.6 Å². The fourth-order valence-electron chi connectivity index (χ4n) is 8.52. The van der Waals surface area contributed by atoms with E-state index in [1.165, 1.54) is 11.1 Å². The van der Waals surface area contributed by atoms with Crippen molar-refractivity contribution in [3.8, 4) is 5.75 Å². The molecule has 2 aromatic carbocycles. The number of aryl methyl sites for hydroxylation is 1. The number of hydrogen-bond acceptors (Lipinski definition) is 4. The molecular formula is C32H34N3O3+. The maximum Gasteiger partial charge on any atom is 0.219 e. The first-order valence-electron chi connectivity index (χ1n) is 13.6. The van der Waals surface area contributed by atoms with E-state index in [0.29, 0.717) is 6.54 Å². The average Bonchev–Trinajstić information content (AvgIpc) is 3.54. The zero-order valence-corrected chi connectivity index (χ0v) is 22.5. The molecule has 3 aliphatic heterocycles. The number of quaternary nitrogens is 1. The summed E-state index contributed by atoms with van der Waals surface area (Å²) < 4.78 is 8.38. The third kappa shape index (κ3) is 2.76. The van der Waals surface area contributed by atoms with Crippen molar-refractivity contribution >= 4 is 28.7 Å². The number of hydrogen-bond donors (Lipinski definition) is 1. The number of ketones is 1. The minimum absolute atomic E-state index is 0.121. The van der Waals surface area contributed by atoms with Crippen molar-refractivity contribution < 1.29 is 18.8 Å². The number of rotatable bonds is 5. The molecule has 4 heterocycles. The Morgan fingerprint density at radius 1 is 1.26 bits per heavy atom. The van der Waals surface area contributed by atoms with Crippen LogP contribution >= 0.6 is 0 Å². The molecule has 2 bridgehead atoms. The summed E-state index contributed by atoms with van der Waals surface area (Å²) in [5, 5.41) is 4.65. The van der Waals surface area contributed by atoms with E-state index in [4.69, 9.17) is 4.74 Å². The predicted molar refractivity (Wildman–Crippen MR) is 149 cm³/mol. The van der Waals surface area contributed by atoms with Crippen LogP contribution in [-0.2, 0) is 17.3 Å². The largest absolute Gasteiger partial charge is 0.497 e. The molecule has 1 spiro atoms. The summed E-state index contributed by atoms with van der Waals surface area (Å²) in [5.41, 5.74) is 8.30. The third-order valence-corrected chi connectivity index (χ3v) is 10.3. The molecule has 4 atom stereocenters. The number of carbonyl (C=O) groups excluding carboxylic acids is 2. The van der Waals surface area contributed by atoms with Gasteiger partial charge in [0.1, 0.15) is 31.2 Å². The zero-order valence-electron chi connectivity index (χ0n) is 22.5. The summed E-state index contributed by atoms with van der Waals surface area (Å²) in [5.74, 6) is 1.08. The second-order valence-corrected chi connectivity index (χ2v) is 11.6. The van der Waals surface area contributed by atoms with Crippen LogP contribution in [0.2, 0.25) is 0 Å². The van der Waals surface area contributed by atoms with E-state index in [1.54, 1.807) is 7.11 Å². The molecule has 2 fully saturated rings. The fraction of sp³-hybridized carbons (Fsp3) is 0.375. The van der Waals surface area contributed by atoms with Crippen LogP contribution in [0.5, 0.6) is 5.75 Å². The highest BCUT2D eigenvalue weighted by Crippen LogP contribution is 2.63. The number of nitrogens with zero attached hydrogens (tertiary/aromatic N) is 2. The Morgan fingerprint density at radius 3 is 2.84 bits per heavy atom. The van der Waals surface area contributed by atoms with E-state index < -0.39 is 0 Å². The number of allylic oxidation sites excluding steroid dienone is 2. The number of ether oxygens (including phenoxy) is 1. The smallest absolute Gasteiger partial charge is 0.219 e. The molecule has 38 heavy (non-hydrogen) atoms. The van der Waals surface area contributed by atoms with Gasteiger partial charge in [-0.3, -0.25) is 9.59 Å². The Balaban J connectivity index is 1.38. The highest BCUT2D eigenvalue weighted by molar-refractivity contribution is 6.10. The Kier molecular flexibility index (Phi) is 4.90. The van der Waals surface area contributed by atoms with Crippen molar-refractivity contribution in [3.05, 3.63) is 82.2 Å². The van der Waals surface area contributed by atoms with Crippen molar-refractivity contribution in [2.75, 3.05) is 32.1 Å². The van der Waals surface area contributed by atoms with Crippen molar-refractivity contribution in [2.24, 2.45) is 13.0 Å². The number of benzene rings is 2. The average molecular weight is 509 g/mol. The second kappa shape index (κ2) is 7.93. The van der Waals surface area contributed by atoms with E-state index in [-0.39, 0.29) is 23.2 Å². The molecule has 3 aromatic rings. The molecule has 7 rings (SSSR count). The number of piperidine rings is 1. The fourth-order valence-corrected chi connectivity index (χ4v) is 8.52. The minimum Gasteiger partial charge on any atom is -0.497 e. The number of fused-ring (bicyclic) bond motifs is 3. The van der Waals surface area contributed by atoms with Crippen molar-refractivity contribution in [1.82, 2.24) is 4.57 Å². The molecule has 1 aromatic heterocycles. The normalized spacial score (nSPS) is 29.8. The third-order valence-electron chi connectivity index (χ3n) is 10.3. The number of anilines is 1. The Hall–Kier alpha value is -3.64. The second-order valence-electron chi connectivity index (χ2n) is 11.6. The van der Waals surface area contributed by atoms with Crippen LogP contribution in [-0.4, -0.2) is 53.9 Å². The molecule has 6 heteroatoms. The molecule has 1 aliphatic carbocycles. The van der Waals surface area contributed by atoms with Crippen LogP contribution in [0, 0.1) is 12.8 Å². The standard InChI is InChI=1S/C32H33N3O3/c1-5-20-16-35(17-28(37)30-19(2)34(3)27-11-10-21(38-4)14-23(27)30)13-12-32-25-8-6-7-9-26(25)33-31(32)24(18-36)22(20)15-29(32)35/h5-11,14,18,22,29H,12-13,15-17H2,1-4H3/p+1/b20-5-/t22-,29+,32+,35?/m0/s1. The van der Waals surface area contributed by atoms with E-state index >= 15 is 0 Å². The summed E-state index contributed by atoms with van der Waals surface area (Å²) in [6.45, 7) is 6.32. The number of aromatic nitrogens is 1. The number of para-hydroxylation sites is 1. The van der Waals surface area contributed by atoms with Crippen molar-refractivity contribution in [2.45, 2.75) is 38.1 Å². The molecule has 194 valence electrons.